The van der Waals surface area contributed by atoms with E-state index in [9.17, 15) is 0 Å². The van der Waals surface area contributed by atoms with Crippen molar-refractivity contribution in [2.24, 2.45) is 0 Å². The van der Waals surface area contributed by atoms with Gasteiger partial charge in [0, 0.05) is 15.1 Å². The number of aryl methyl sites for hydroxylation is 3. The molecule has 0 saturated heterocycles. The molecule has 1 N–H and O–H groups in total. The molecule has 1 aliphatic rings. The summed E-state index contributed by atoms with van der Waals surface area (Å²) in [5.74, 6) is 1.02. The van der Waals surface area contributed by atoms with Gasteiger partial charge in [-0.25, -0.2) is 0 Å². The Hall–Kier alpha value is -1.58. The molecule has 0 bridgehead atoms. The average Bonchev–Trinajstić information content (AvgIpc) is 3.13. The zero-order chi connectivity index (χ0) is 14.4. The highest BCUT2D eigenvalue weighted by atomic mass is 32.1. The Morgan fingerprint density at radius 2 is 2.14 bits per heavy atom. The van der Waals surface area contributed by atoms with Crippen molar-refractivity contribution in [1.29, 1.82) is 0 Å². The summed E-state index contributed by atoms with van der Waals surface area (Å²) >= 11 is 1.94. The fraction of sp³-hybridized carbons (Fsp3) is 0.333. The molecule has 2 heterocycles. The molecule has 2 nitrogen and oxygen atoms in total. The van der Waals surface area contributed by atoms with E-state index in [-0.39, 0.29) is 6.04 Å². The molecule has 1 aromatic carbocycles. The van der Waals surface area contributed by atoms with Crippen molar-refractivity contribution in [1.82, 2.24) is 5.32 Å². The number of benzene rings is 1. The van der Waals surface area contributed by atoms with Gasteiger partial charge in [-0.2, -0.15) is 0 Å². The molecule has 0 aliphatic heterocycles. The summed E-state index contributed by atoms with van der Waals surface area (Å²) in [6.07, 6.45) is 3.80. The van der Waals surface area contributed by atoms with Gasteiger partial charge in [0.1, 0.15) is 17.4 Å². The van der Waals surface area contributed by atoms with Crippen molar-refractivity contribution in [2.45, 2.75) is 32.2 Å². The molecule has 0 saturated carbocycles. The molecule has 0 amide bonds. The summed E-state index contributed by atoms with van der Waals surface area (Å²) in [6.45, 7) is 2.10. The molecule has 108 valence electrons. The molecule has 1 unspecified atom stereocenters. The minimum Gasteiger partial charge on any atom is -0.459 e. The highest BCUT2D eigenvalue weighted by Crippen LogP contribution is 2.37. The van der Waals surface area contributed by atoms with E-state index in [1.54, 1.807) is 10.4 Å². The fourth-order valence-electron chi connectivity index (χ4n) is 3.29. The van der Waals surface area contributed by atoms with Crippen molar-refractivity contribution >= 4 is 22.3 Å². The summed E-state index contributed by atoms with van der Waals surface area (Å²) in [5.41, 5.74) is 3.75. The normalized spacial score (nSPS) is 15.5. The summed E-state index contributed by atoms with van der Waals surface area (Å²) in [5, 5.41) is 4.61. The fourth-order valence-corrected chi connectivity index (χ4v) is 4.67. The van der Waals surface area contributed by atoms with Gasteiger partial charge in [0.05, 0.1) is 0 Å². The lowest BCUT2D eigenvalue weighted by Gasteiger charge is -2.11. The van der Waals surface area contributed by atoms with Gasteiger partial charge in [0.2, 0.25) is 0 Å². The first-order valence-electron chi connectivity index (χ1n) is 7.54. The first-order valence-corrected chi connectivity index (χ1v) is 8.35. The van der Waals surface area contributed by atoms with Crippen LogP contribution in [-0.2, 0) is 12.8 Å². The van der Waals surface area contributed by atoms with E-state index in [0.717, 1.165) is 11.3 Å². The van der Waals surface area contributed by atoms with Gasteiger partial charge in [-0.05, 0) is 56.5 Å². The highest BCUT2D eigenvalue weighted by molar-refractivity contribution is 7.12. The highest BCUT2D eigenvalue weighted by Gasteiger charge is 2.23. The van der Waals surface area contributed by atoms with Crippen LogP contribution in [0, 0.1) is 6.92 Å². The first-order chi connectivity index (χ1) is 10.3. The molecule has 0 radical (unpaired) electrons. The van der Waals surface area contributed by atoms with Crippen molar-refractivity contribution in [3.8, 4) is 0 Å². The second kappa shape index (κ2) is 5.00. The Kier molecular flexibility index (Phi) is 3.12. The molecule has 1 aliphatic carbocycles. The predicted octanol–water partition coefficient (Wildman–Crippen LogP) is 4.60. The van der Waals surface area contributed by atoms with E-state index in [1.807, 2.05) is 18.4 Å². The van der Waals surface area contributed by atoms with E-state index in [4.69, 9.17) is 4.42 Å². The van der Waals surface area contributed by atoms with Crippen molar-refractivity contribution in [2.75, 3.05) is 7.05 Å². The van der Waals surface area contributed by atoms with E-state index in [0.29, 0.717) is 0 Å². The Morgan fingerprint density at radius 1 is 1.24 bits per heavy atom. The van der Waals surface area contributed by atoms with Gasteiger partial charge in [0.25, 0.3) is 0 Å². The smallest absolute Gasteiger partial charge is 0.137 e. The maximum Gasteiger partial charge on any atom is 0.137 e. The van der Waals surface area contributed by atoms with Crippen LogP contribution >= 0.6 is 11.3 Å². The number of hydrogen-bond donors (Lipinski definition) is 1. The predicted molar refractivity (Wildman–Crippen MR) is 88.2 cm³/mol. The first kappa shape index (κ1) is 13.1. The van der Waals surface area contributed by atoms with Crippen LogP contribution < -0.4 is 5.32 Å². The summed E-state index contributed by atoms with van der Waals surface area (Å²) < 4.78 is 6.15. The molecule has 0 fully saturated rings. The molecular weight excluding hydrogens is 278 g/mol. The Labute approximate surface area is 128 Å². The number of para-hydroxylation sites is 1. The number of furan rings is 1. The van der Waals surface area contributed by atoms with Gasteiger partial charge in [-0.1, -0.05) is 18.2 Å². The van der Waals surface area contributed by atoms with E-state index < -0.39 is 0 Å². The third-order valence-electron chi connectivity index (χ3n) is 4.38. The molecule has 3 heteroatoms. The third kappa shape index (κ3) is 2.12. The molecule has 4 rings (SSSR count). The second-order valence-corrected chi connectivity index (χ2v) is 6.98. The maximum absolute atomic E-state index is 6.15. The van der Waals surface area contributed by atoms with Crippen molar-refractivity contribution in [3.63, 3.8) is 0 Å². The van der Waals surface area contributed by atoms with Crippen LogP contribution in [0.2, 0.25) is 0 Å². The molecular formula is C18H19NOS. The van der Waals surface area contributed by atoms with Crippen LogP contribution in [0.25, 0.3) is 11.0 Å². The lowest BCUT2D eigenvalue weighted by Crippen LogP contribution is -2.15. The molecule has 2 aromatic heterocycles. The topological polar surface area (TPSA) is 25.2 Å². The standard InChI is InChI=1S/C18H19NOS/c1-11-5-3-7-13-9-14(20-18(11)13)17(19-2)16-10-12-6-4-8-15(12)21-16/h3,5,7,9-10,17,19H,4,6,8H2,1-2H3. The average molecular weight is 297 g/mol. The Bertz CT molecular complexity index is 777. The van der Waals surface area contributed by atoms with Crippen LogP contribution in [0.3, 0.4) is 0 Å². The van der Waals surface area contributed by atoms with Gasteiger partial charge < -0.3 is 9.73 Å². The number of thiophene rings is 1. The quantitative estimate of drug-likeness (QED) is 0.764. The van der Waals surface area contributed by atoms with Crippen LogP contribution in [0.5, 0.6) is 0 Å². The summed E-state index contributed by atoms with van der Waals surface area (Å²) in [6, 6.07) is 11.0. The van der Waals surface area contributed by atoms with Gasteiger partial charge in [0.15, 0.2) is 0 Å². The van der Waals surface area contributed by atoms with Crippen molar-refractivity contribution in [3.05, 3.63) is 57.0 Å². The largest absolute Gasteiger partial charge is 0.459 e. The number of hydrogen-bond acceptors (Lipinski definition) is 3. The van der Waals surface area contributed by atoms with E-state index in [1.165, 1.54) is 35.1 Å². The minimum absolute atomic E-state index is 0.160. The minimum atomic E-state index is 0.160. The van der Waals surface area contributed by atoms with Crippen molar-refractivity contribution < 1.29 is 4.42 Å². The van der Waals surface area contributed by atoms with E-state index in [2.05, 4.69) is 42.6 Å². The van der Waals surface area contributed by atoms with Gasteiger partial charge in [-0.3, -0.25) is 0 Å². The van der Waals surface area contributed by atoms with Crippen LogP contribution in [0.4, 0.5) is 0 Å². The third-order valence-corrected chi connectivity index (χ3v) is 5.69. The lowest BCUT2D eigenvalue weighted by molar-refractivity contribution is 0.494. The lowest BCUT2D eigenvalue weighted by atomic mass is 10.1. The molecule has 3 aromatic rings. The van der Waals surface area contributed by atoms with Crippen LogP contribution in [0.15, 0.2) is 34.7 Å². The Morgan fingerprint density at radius 3 is 2.90 bits per heavy atom. The Balaban J connectivity index is 1.78. The number of nitrogens with one attached hydrogen (secondary N) is 1. The SMILES string of the molecule is CNC(c1cc2cccc(C)c2o1)c1cc2c(s1)CCC2. The second-order valence-electron chi connectivity index (χ2n) is 5.81. The van der Waals surface area contributed by atoms with E-state index >= 15 is 0 Å². The zero-order valence-electron chi connectivity index (χ0n) is 12.4. The van der Waals surface area contributed by atoms with Crippen LogP contribution in [-0.4, -0.2) is 7.05 Å². The van der Waals surface area contributed by atoms with Gasteiger partial charge in [-0.15, -0.1) is 11.3 Å². The molecule has 0 spiro atoms. The molecule has 21 heavy (non-hydrogen) atoms. The number of rotatable bonds is 3. The summed E-state index contributed by atoms with van der Waals surface area (Å²) in [4.78, 5) is 2.94. The van der Waals surface area contributed by atoms with Gasteiger partial charge >= 0.3 is 0 Å². The summed E-state index contributed by atoms with van der Waals surface area (Å²) in [7, 11) is 2.01. The maximum atomic E-state index is 6.15. The zero-order valence-corrected chi connectivity index (χ0v) is 13.2. The monoisotopic (exact) mass is 297 g/mol. The molecule has 1 atom stereocenters. The number of fused-ring (bicyclic) bond motifs is 2. The van der Waals surface area contributed by atoms with Crippen LogP contribution in [0.1, 0.15) is 39.1 Å².